The molecule has 1 aliphatic carbocycles. The van der Waals surface area contributed by atoms with Crippen LogP contribution in [0.2, 0.25) is 0 Å². The van der Waals surface area contributed by atoms with Crippen LogP contribution < -0.4 is 5.32 Å². The second kappa shape index (κ2) is 6.01. The Morgan fingerprint density at radius 2 is 2.18 bits per heavy atom. The summed E-state index contributed by atoms with van der Waals surface area (Å²) in [6.45, 7) is 6.70. The van der Waals surface area contributed by atoms with Gasteiger partial charge in [0.05, 0.1) is 0 Å². The van der Waals surface area contributed by atoms with Gasteiger partial charge in [0.1, 0.15) is 0 Å². The highest BCUT2D eigenvalue weighted by atomic mass is 79.9. The van der Waals surface area contributed by atoms with Crippen LogP contribution in [0, 0.1) is 18.8 Å². The summed E-state index contributed by atoms with van der Waals surface area (Å²) in [6, 6.07) is 6.60. The van der Waals surface area contributed by atoms with Crippen molar-refractivity contribution in [3.05, 3.63) is 33.8 Å². The van der Waals surface area contributed by atoms with Gasteiger partial charge in [-0.2, -0.15) is 0 Å². The minimum absolute atomic E-state index is 0.904. The molecular weight excluding hydrogens is 274 g/mol. The molecule has 0 aromatic heterocycles. The van der Waals surface area contributed by atoms with Crippen molar-refractivity contribution < 1.29 is 0 Å². The van der Waals surface area contributed by atoms with E-state index >= 15 is 0 Å². The summed E-state index contributed by atoms with van der Waals surface area (Å²) in [5.41, 5.74) is 2.70. The summed E-state index contributed by atoms with van der Waals surface area (Å²) in [7, 11) is 0. The van der Waals surface area contributed by atoms with Crippen LogP contribution in [0.1, 0.15) is 37.3 Å². The van der Waals surface area contributed by atoms with Gasteiger partial charge in [-0.1, -0.05) is 41.4 Å². The minimum atomic E-state index is 0.904. The molecule has 1 nitrogen and oxygen atoms in total. The minimum Gasteiger partial charge on any atom is -0.312 e. The molecule has 0 radical (unpaired) electrons. The fourth-order valence-electron chi connectivity index (χ4n) is 2.75. The van der Waals surface area contributed by atoms with E-state index in [2.05, 4.69) is 53.3 Å². The summed E-state index contributed by atoms with van der Waals surface area (Å²) in [6.07, 6.45) is 4.24. The van der Waals surface area contributed by atoms with Crippen LogP contribution in [0.5, 0.6) is 0 Å². The van der Waals surface area contributed by atoms with E-state index in [0.29, 0.717) is 0 Å². The third kappa shape index (κ3) is 3.82. The Bertz CT molecular complexity index is 375. The third-order valence-electron chi connectivity index (χ3n) is 3.79. The van der Waals surface area contributed by atoms with E-state index in [-0.39, 0.29) is 0 Å². The highest BCUT2D eigenvalue weighted by Gasteiger charge is 2.20. The van der Waals surface area contributed by atoms with E-state index in [0.717, 1.165) is 18.4 Å². The highest BCUT2D eigenvalue weighted by molar-refractivity contribution is 9.10. The molecule has 2 unspecified atom stereocenters. The van der Waals surface area contributed by atoms with Crippen molar-refractivity contribution in [3.63, 3.8) is 0 Å². The first kappa shape index (κ1) is 13.1. The molecule has 2 atom stereocenters. The lowest BCUT2D eigenvalue weighted by Crippen LogP contribution is -2.21. The lowest BCUT2D eigenvalue weighted by atomic mass is 10.1. The van der Waals surface area contributed by atoms with Gasteiger partial charge in [-0.15, -0.1) is 0 Å². The average molecular weight is 296 g/mol. The van der Waals surface area contributed by atoms with Gasteiger partial charge in [0, 0.05) is 11.0 Å². The maximum atomic E-state index is 3.60. The van der Waals surface area contributed by atoms with Crippen LogP contribution in [0.15, 0.2) is 22.7 Å². The average Bonchev–Trinajstić information content (AvgIpc) is 2.70. The first-order chi connectivity index (χ1) is 8.15. The van der Waals surface area contributed by atoms with Gasteiger partial charge in [-0.25, -0.2) is 0 Å². The SMILES string of the molecule is Cc1cc(CNCC2CCC(C)C2)ccc1Br. The van der Waals surface area contributed by atoms with E-state index in [9.17, 15) is 0 Å². The van der Waals surface area contributed by atoms with Crippen molar-refractivity contribution >= 4 is 15.9 Å². The highest BCUT2D eigenvalue weighted by Crippen LogP contribution is 2.29. The largest absolute Gasteiger partial charge is 0.312 e. The maximum Gasteiger partial charge on any atom is 0.0205 e. The normalized spacial score (nSPS) is 24.2. The Morgan fingerprint density at radius 3 is 2.82 bits per heavy atom. The van der Waals surface area contributed by atoms with Crippen LogP contribution in [0.3, 0.4) is 0 Å². The molecule has 1 aromatic rings. The monoisotopic (exact) mass is 295 g/mol. The molecule has 94 valence electrons. The van der Waals surface area contributed by atoms with E-state index in [4.69, 9.17) is 0 Å². The first-order valence-corrected chi connectivity index (χ1v) is 7.40. The molecule has 1 N–H and O–H groups in total. The molecule has 0 aliphatic heterocycles. The van der Waals surface area contributed by atoms with Gasteiger partial charge in [-0.3, -0.25) is 0 Å². The summed E-state index contributed by atoms with van der Waals surface area (Å²) >= 11 is 3.54. The van der Waals surface area contributed by atoms with E-state index in [1.165, 1.54) is 41.4 Å². The second-order valence-corrected chi connectivity index (χ2v) is 6.35. The van der Waals surface area contributed by atoms with Crippen molar-refractivity contribution in [3.8, 4) is 0 Å². The summed E-state index contributed by atoms with van der Waals surface area (Å²) in [5.74, 6) is 1.85. The van der Waals surface area contributed by atoms with Gasteiger partial charge in [0.2, 0.25) is 0 Å². The number of hydrogen-bond acceptors (Lipinski definition) is 1. The predicted octanol–water partition coefficient (Wildman–Crippen LogP) is 4.28. The lowest BCUT2D eigenvalue weighted by Gasteiger charge is -2.11. The van der Waals surface area contributed by atoms with E-state index < -0.39 is 0 Å². The molecule has 1 aromatic carbocycles. The van der Waals surface area contributed by atoms with Crippen molar-refractivity contribution in [2.75, 3.05) is 6.54 Å². The fraction of sp³-hybridized carbons (Fsp3) is 0.600. The number of benzene rings is 1. The van der Waals surface area contributed by atoms with E-state index in [1.807, 2.05) is 0 Å². The van der Waals surface area contributed by atoms with Crippen LogP contribution in [-0.4, -0.2) is 6.54 Å². The lowest BCUT2D eigenvalue weighted by molar-refractivity contribution is 0.470. The van der Waals surface area contributed by atoms with Gasteiger partial charge < -0.3 is 5.32 Å². The van der Waals surface area contributed by atoms with Gasteiger partial charge in [-0.05, 0) is 55.3 Å². The quantitative estimate of drug-likeness (QED) is 0.874. The van der Waals surface area contributed by atoms with Gasteiger partial charge in [0.15, 0.2) is 0 Å². The zero-order valence-electron chi connectivity index (χ0n) is 10.8. The van der Waals surface area contributed by atoms with E-state index in [1.54, 1.807) is 0 Å². The molecule has 0 spiro atoms. The summed E-state index contributed by atoms with van der Waals surface area (Å²) in [4.78, 5) is 0. The van der Waals surface area contributed by atoms with Gasteiger partial charge in [0.25, 0.3) is 0 Å². The van der Waals surface area contributed by atoms with Gasteiger partial charge >= 0.3 is 0 Å². The van der Waals surface area contributed by atoms with Crippen molar-refractivity contribution in [1.82, 2.24) is 5.32 Å². The molecule has 1 saturated carbocycles. The second-order valence-electron chi connectivity index (χ2n) is 5.50. The molecule has 0 amide bonds. The third-order valence-corrected chi connectivity index (χ3v) is 4.68. The molecule has 1 fully saturated rings. The zero-order chi connectivity index (χ0) is 12.3. The number of hydrogen-bond donors (Lipinski definition) is 1. The maximum absolute atomic E-state index is 3.60. The van der Waals surface area contributed by atoms with Crippen LogP contribution in [0.4, 0.5) is 0 Å². The predicted molar refractivity (Wildman–Crippen MR) is 77.1 cm³/mol. The number of rotatable bonds is 4. The number of aryl methyl sites for hydroxylation is 1. The van der Waals surface area contributed by atoms with Crippen LogP contribution >= 0.6 is 15.9 Å². The zero-order valence-corrected chi connectivity index (χ0v) is 12.4. The molecular formula is C15H22BrN. The molecule has 2 rings (SSSR count). The molecule has 17 heavy (non-hydrogen) atoms. The molecule has 2 heteroatoms. The van der Waals surface area contributed by atoms with Crippen molar-refractivity contribution in [1.29, 1.82) is 0 Å². The smallest absolute Gasteiger partial charge is 0.0205 e. The first-order valence-electron chi connectivity index (χ1n) is 6.61. The number of halogens is 1. The molecule has 0 heterocycles. The summed E-state index contributed by atoms with van der Waals surface area (Å²) in [5, 5.41) is 3.60. The van der Waals surface area contributed by atoms with Crippen LogP contribution in [0.25, 0.3) is 0 Å². The topological polar surface area (TPSA) is 12.0 Å². The Hall–Kier alpha value is -0.340. The summed E-state index contributed by atoms with van der Waals surface area (Å²) < 4.78 is 1.20. The molecule has 0 bridgehead atoms. The fourth-order valence-corrected chi connectivity index (χ4v) is 2.99. The Labute approximate surface area is 113 Å². The van der Waals surface area contributed by atoms with Crippen LogP contribution in [-0.2, 0) is 6.54 Å². The Kier molecular flexibility index (Phi) is 4.63. The molecule has 1 aliphatic rings. The van der Waals surface area contributed by atoms with Crippen molar-refractivity contribution in [2.45, 2.75) is 39.7 Å². The Balaban J connectivity index is 1.76. The Morgan fingerprint density at radius 1 is 1.35 bits per heavy atom. The standard InChI is InChI=1S/C15H22BrN/c1-11-3-4-13(7-11)9-17-10-14-5-6-15(16)12(2)8-14/h5-6,8,11,13,17H,3-4,7,9-10H2,1-2H3. The number of nitrogens with one attached hydrogen (secondary N) is 1. The van der Waals surface area contributed by atoms with Crippen molar-refractivity contribution in [2.24, 2.45) is 11.8 Å². The molecule has 0 saturated heterocycles.